The van der Waals surface area contributed by atoms with Crippen molar-refractivity contribution in [3.8, 4) is 0 Å². The average molecular weight is 252 g/mol. The summed E-state index contributed by atoms with van der Waals surface area (Å²) in [4.78, 5) is 0. The van der Waals surface area contributed by atoms with E-state index in [4.69, 9.17) is 10.3 Å². The predicted molar refractivity (Wildman–Crippen MR) is 76.1 cm³/mol. The van der Waals surface area contributed by atoms with Crippen LogP contribution >= 0.6 is 0 Å². The molecule has 0 amide bonds. The van der Waals surface area contributed by atoms with E-state index in [0.717, 1.165) is 30.3 Å². The van der Waals surface area contributed by atoms with Crippen LogP contribution in [0.5, 0.6) is 0 Å². The van der Waals surface area contributed by atoms with Gasteiger partial charge in [0.15, 0.2) is 0 Å². The highest BCUT2D eigenvalue weighted by Crippen LogP contribution is 2.27. The quantitative estimate of drug-likeness (QED) is 0.517. The third-order valence-corrected chi connectivity index (χ3v) is 3.69. The van der Waals surface area contributed by atoms with Crippen LogP contribution in [0.3, 0.4) is 0 Å². The lowest BCUT2D eigenvalue weighted by Crippen LogP contribution is -2.29. The van der Waals surface area contributed by atoms with Gasteiger partial charge in [-0.2, -0.15) is 0 Å². The molecule has 104 valence electrons. The Balaban J connectivity index is 2.59. The van der Waals surface area contributed by atoms with E-state index in [1.165, 1.54) is 25.7 Å². The summed E-state index contributed by atoms with van der Waals surface area (Å²) in [7, 11) is 0. The van der Waals surface area contributed by atoms with Crippen molar-refractivity contribution in [1.82, 2.24) is 5.43 Å². The Morgan fingerprint density at radius 1 is 1.28 bits per heavy atom. The van der Waals surface area contributed by atoms with Crippen LogP contribution < -0.4 is 11.3 Å². The predicted octanol–water partition coefficient (Wildman–Crippen LogP) is 3.95. The van der Waals surface area contributed by atoms with Crippen molar-refractivity contribution in [2.24, 2.45) is 11.8 Å². The summed E-state index contributed by atoms with van der Waals surface area (Å²) in [5.74, 6) is 8.41. The van der Waals surface area contributed by atoms with Gasteiger partial charge in [-0.1, -0.05) is 46.5 Å². The fourth-order valence-corrected chi connectivity index (χ4v) is 2.35. The van der Waals surface area contributed by atoms with E-state index >= 15 is 0 Å². The molecule has 1 aromatic rings. The van der Waals surface area contributed by atoms with Gasteiger partial charge >= 0.3 is 0 Å². The molecule has 1 aromatic heterocycles. The molecule has 0 spiro atoms. The Morgan fingerprint density at radius 2 is 2.06 bits per heavy atom. The van der Waals surface area contributed by atoms with Crippen molar-refractivity contribution in [3.05, 3.63) is 23.7 Å². The van der Waals surface area contributed by atoms with Gasteiger partial charge in [-0.25, -0.2) is 5.43 Å². The SMILES string of the molecule is CCCCC(CC)CC(NN)c1ccc(CC)o1. The molecule has 0 aliphatic heterocycles. The average Bonchev–Trinajstić information content (AvgIpc) is 2.88. The third-order valence-electron chi connectivity index (χ3n) is 3.69. The van der Waals surface area contributed by atoms with Crippen molar-refractivity contribution in [1.29, 1.82) is 0 Å². The molecule has 0 saturated carbocycles. The topological polar surface area (TPSA) is 51.2 Å². The minimum absolute atomic E-state index is 0.145. The molecule has 3 nitrogen and oxygen atoms in total. The van der Waals surface area contributed by atoms with Crippen molar-refractivity contribution < 1.29 is 4.42 Å². The molecular weight excluding hydrogens is 224 g/mol. The molecule has 0 aromatic carbocycles. The molecule has 1 rings (SSSR count). The van der Waals surface area contributed by atoms with Crippen LogP contribution in [-0.2, 0) is 6.42 Å². The van der Waals surface area contributed by atoms with Gasteiger partial charge < -0.3 is 4.42 Å². The molecule has 0 radical (unpaired) electrons. The number of hydrogen-bond acceptors (Lipinski definition) is 3. The molecule has 3 N–H and O–H groups in total. The molecule has 18 heavy (non-hydrogen) atoms. The molecule has 2 atom stereocenters. The zero-order valence-electron chi connectivity index (χ0n) is 12.0. The van der Waals surface area contributed by atoms with Crippen LogP contribution in [0.15, 0.2) is 16.5 Å². The Hall–Kier alpha value is -0.800. The second-order valence-corrected chi connectivity index (χ2v) is 5.03. The number of hydrogen-bond donors (Lipinski definition) is 2. The molecule has 0 bridgehead atoms. The number of nitrogens with one attached hydrogen (secondary N) is 1. The second-order valence-electron chi connectivity index (χ2n) is 5.03. The van der Waals surface area contributed by atoms with E-state index in [2.05, 4.69) is 32.3 Å². The number of unbranched alkanes of at least 4 members (excludes halogenated alkanes) is 1. The standard InChI is InChI=1S/C15H28N2O/c1-4-7-8-12(5-2)11-14(17-16)15-10-9-13(6-3)18-15/h9-10,12,14,17H,4-8,11,16H2,1-3H3. The number of rotatable bonds is 9. The van der Waals surface area contributed by atoms with Gasteiger partial charge in [-0.3, -0.25) is 5.84 Å². The molecular formula is C15H28N2O. The molecule has 0 fully saturated rings. The lowest BCUT2D eigenvalue weighted by Gasteiger charge is -2.20. The zero-order chi connectivity index (χ0) is 13.4. The minimum atomic E-state index is 0.145. The molecule has 0 saturated heterocycles. The lowest BCUT2D eigenvalue weighted by atomic mass is 9.91. The maximum atomic E-state index is 5.79. The lowest BCUT2D eigenvalue weighted by molar-refractivity contribution is 0.315. The van der Waals surface area contributed by atoms with Crippen LogP contribution in [0.2, 0.25) is 0 Å². The van der Waals surface area contributed by atoms with E-state index in [9.17, 15) is 0 Å². The van der Waals surface area contributed by atoms with Crippen molar-refractivity contribution >= 4 is 0 Å². The van der Waals surface area contributed by atoms with Crippen LogP contribution in [0.25, 0.3) is 0 Å². The van der Waals surface area contributed by atoms with Crippen LogP contribution in [0.4, 0.5) is 0 Å². The van der Waals surface area contributed by atoms with Gasteiger partial charge in [0, 0.05) is 6.42 Å². The summed E-state index contributed by atoms with van der Waals surface area (Å²) in [6.45, 7) is 6.60. The van der Waals surface area contributed by atoms with E-state index in [1.54, 1.807) is 0 Å². The highest BCUT2D eigenvalue weighted by atomic mass is 16.3. The zero-order valence-corrected chi connectivity index (χ0v) is 12.0. The van der Waals surface area contributed by atoms with E-state index < -0.39 is 0 Å². The third kappa shape index (κ3) is 4.46. The van der Waals surface area contributed by atoms with Crippen LogP contribution in [-0.4, -0.2) is 0 Å². The summed E-state index contributed by atoms with van der Waals surface area (Å²) in [6.07, 6.45) is 7.05. The maximum Gasteiger partial charge on any atom is 0.122 e. The van der Waals surface area contributed by atoms with Gasteiger partial charge in [0.1, 0.15) is 11.5 Å². The minimum Gasteiger partial charge on any atom is -0.464 e. The fraction of sp³-hybridized carbons (Fsp3) is 0.733. The van der Waals surface area contributed by atoms with E-state index in [-0.39, 0.29) is 6.04 Å². The Morgan fingerprint density at radius 3 is 2.56 bits per heavy atom. The number of nitrogens with two attached hydrogens (primary N) is 1. The van der Waals surface area contributed by atoms with Gasteiger partial charge in [-0.15, -0.1) is 0 Å². The van der Waals surface area contributed by atoms with Crippen LogP contribution in [0.1, 0.15) is 70.4 Å². The largest absolute Gasteiger partial charge is 0.464 e. The van der Waals surface area contributed by atoms with E-state index in [1.807, 2.05) is 6.07 Å². The summed E-state index contributed by atoms with van der Waals surface area (Å²) in [5, 5.41) is 0. The Labute approximate surface area is 111 Å². The second kappa shape index (κ2) is 8.33. The van der Waals surface area contributed by atoms with Crippen LogP contribution in [0, 0.1) is 5.92 Å². The van der Waals surface area contributed by atoms with Gasteiger partial charge in [0.25, 0.3) is 0 Å². The first kappa shape index (κ1) is 15.3. The number of furan rings is 1. The number of aryl methyl sites for hydroxylation is 1. The Bertz CT molecular complexity index is 322. The number of hydrazine groups is 1. The first-order valence-electron chi connectivity index (χ1n) is 7.29. The smallest absolute Gasteiger partial charge is 0.122 e. The Kier molecular flexibility index (Phi) is 7.06. The normalized spacial score (nSPS) is 14.7. The fourth-order valence-electron chi connectivity index (χ4n) is 2.35. The van der Waals surface area contributed by atoms with E-state index in [0.29, 0.717) is 0 Å². The molecule has 0 aliphatic rings. The summed E-state index contributed by atoms with van der Waals surface area (Å²) >= 11 is 0. The van der Waals surface area contributed by atoms with Crippen molar-refractivity contribution in [2.75, 3.05) is 0 Å². The van der Waals surface area contributed by atoms with Gasteiger partial charge in [0.05, 0.1) is 6.04 Å². The highest BCUT2D eigenvalue weighted by molar-refractivity contribution is 5.10. The van der Waals surface area contributed by atoms with Crippen molar-refractivity contribution in [3.63, 3.8) is 0 Å². The first-order chi connectivity index (χ1) is 8.74. The van der Waals surface area contributed by atoms with Gasteiger partial charge in [0.2, 0.25) is 0 Å². The monoisotopic (exact) mass is 252 g/mol. The van der Waals surface area contributed by atoms with Crippen molar-refractivity contribution in [2.45, 2.75) is 65.3 Å². The van der Waals surface area contributed by atoms with Gasteiger partial charge in [-0.05, 0) is 24.5 Å². The summed E-state index contributed by atoms with van der Waals surface area (Å²) in [6, 6.07) is 4.25. The summed E-state index contributed by atoms with van der Waals surface area (Å²) in [5.41, 5.74) is 2.90. The highest BCUT2D eigenvalue weighted by Gasteiger charge is 2.18. The molecule has 3 heteroatoms. The molecule has 0 aliphatic carbocycles. The maximum absolute atomic E-state index is 5.79. The molecule has 2 unspecified atom stereocenters. The summed E-state index contributed by atoms with van der Waals surface area (Å²) < 4.78 is 5.79. The molecule has 1 heterocycles. The first-order valence-corrected chi connectivity index (χ1v) is 7.29.